The van der Waals surface area contributed by atoms with Crippen LogP contribution in [0.5, 0.6) is 11.5 Å². The smallest absolute Gasteiger partial charge is 0.256 e. The molecule has 0 unspecified atom stereocenters. The molecule has 0 saturated carbocycles. The van der Waals surface area contributed by atoms with E-state index in [1.54, 1.807) is 0 Å². The largest absolute Gasteiger partial charge is 0.458 e. The average Bonchev–Trinajstić information content (AvgIpc) is 4.11. The lowest BCUT2D eigenvalue weighted by atomic mass is 9.30. The minimum absolute atomic E-state index is 0.00674. The molecule has 8 aromatic rings. The molecule has 64 heavy (non-hydrogen) atoms. The van der Waals surface area contributed by atoms with Crippen LogP contribution >= 0.6 is 0 Å². The molecule has 2 fully saturated rings. The monoisotopic (exact) mass is 825 g/mol. The van der Waals surface area contributed by atoms with E-state index in [1.807, 2.05) is 0 Å². The number of hydrogen-bond acceptors (Lipinski definition) is 6. The van der Waals surface area contributed by atoms with Gasteiger partial charge in [-0.3, -0.25) is 0 Å². The van der Waals surface area contributed by atoms with Crippen LogP contribution in [0.4, 0.5) is 62.6 Å². The maximum Gasteiger partial charge on any atom is 0.256 e. The van der Waals surface area contributed by atoms with Crippen molar-refractivity contribution in [2.75, 3.05) is 50.7 Å². The van der Waals surface area contributed by atoms with Crippen LogP contribution in [0.2, 0.25) is 0 Å². The molecule has 6 nitrogen and oxygen atoms in total. The Kier molecular flexibility index (Phi) is 7.98. The van der Waals surface area contributed by atoms with Gasteiger partial charge in [-0.1, -0.05) is 97.1 Å². The first-order valence-corrected chi connectivity index (χ1v) is 23.2. The fourth-order valence-corrected chi connectivity index (χ4v) is 12.0. The molecule has 6 heterocycles. The van der Waals surface area contributed by atoms with Crippen LogP contribution in [0.1, 0.15) is 25.7 Å². The summed E-state index contributed by atoms with van der Waals surface area (Å²) in [7, 11) is 0. The number of benzene rings is 8. The van der Waals surface area contributed by atoms with Crippen molar-refractivity contribution in [2.45, 2.75) is 25.7 Å². The van der Waals surface area contributed by atoms with Gasteiger partial charge in [0.25, 0.3) is 13.4 Å². The Morgan fingerprint density at radius 1 is 0.312 bits per heavy atom. The van der Waals surface area contributed by atoms with Gasteiger partial charge in [0.15, 0.2) is 0 Å². The van der Waals surface area contributed by atoms with E-state index in [2.05, 4.69) is 200 Å². The molecular weight excluding hydrogens is 780 g/mol. The fraction of sp³-hybridized carbons (Fsp3) is 0.143. The summed E-state index contributed by atoms with van der Waals surface area (Å²) in [5.74, 6) is 1.90. The van der Waals surface area contributed by atoms with Crippen LogP contribution in [-0.4, -0.2) is 39.6 Å². The summed E-state index contributed by atoms with van der Waals surface area (Å²) in [6, 6.07) is 66.0. The first-order chi connectivity index (χ1) is 31.8. The number of hydrogen-bond donors (Lipinski definition) is 0. The van der Waals surface area contributed by atoms with Gasteiger partial charge in [-0.15, -0.1) is 0 Å². The van der Waals surface area contributed by atoms with Gasteiger partial charge >= 0.3 is 0 Å². The molecule has 2 saturated heterocycles. The average molecular weight is 826 g/mol. The van der Waals surface area contributed by atoms with Crippen LogP contribution in [0.15, 0.2) is 176 Å². The minimum Gasteiger partial charge on any atom is -0.458 e. The number of fused-ring (bicyclic) bond motifs is 8. The lowest BCUT2D eigenvalue weighted by Crippen LogP contribution is -2.64. The fourth-order valence-electron chi connectivity index (χ4n) is 12.0. The molecule has 6 aliphatic rings. The highest BCUT2D eigenvalue weighted by Crippen LogP contribution is 2.49. The second kappa shape index (κ2) is 14.1. The van der Waals surface area contributed by atoms with Crippen molar-refractivity contribution in [1.82, 2.24) is 0 Å². The summed E-state index contributed by atoms with van der Waals surface area (Å²) in [5.41, 5.74) is 21.1. The van der Waals surface area contributed by atoms with Gasteiger partial charge in [-0.05, 0) is 131 Å². The van der Waals surface area contributed by atoms with Gasteiger partial charge in [0.1, 0.15) is 11.5 Å². The molecule has 14 rings (SSSR count). The summed E-state index contributed by atoms with van der Waals surface area (Å²) in [5, 5.41) is 0. The maximum atomic E-state index is 7.01. The minimum atomic E-state index is -0.0222. The van der Waals surface area contributed by atoms with E-state index < -0.39 is 0 Å². The zero-order chi connectivity index (χ0) is 41.9. The van der Waals surface area contributed by atoms with Gasteiger partial charge in [-0.25, -0.2) is 0 Å². The summed E-state index contributed by atoms with van der Waals surface area (Å²) >= 11 is 0. The Balaban J connectivity index is 1.10. The lowest BCUT2D eigenvalue weighted by molar-refractivity contribution is 0.487. The number of para-hydroxylation sites is 5. The van der Waals surface area contributed by atoms with E-state index in [1.165, 1.54) is 110 Å². The molecule has 0 spiro atoms. The normalized spacial score (nSPS) is 16.2. The predicted octanol–water partition coefficient (Wildman–Crippen LogP) is 9.37. The Hall–Kier alpha value is -7.31. The quantitative estimate of drug-likeness (QED) is 0.161. The van der Waals surface area contributed by atoms with Gasteiger partial charge in [0.05, 0.1) is 0 Å². The molecule has 6 aliphatic heterocycles. The third-order valence-electron chi connectivity index (χ3n) is 14.7. The summed E-state index contributed by atoms with van der Waals surface area (Å²) < 4.78 is 7.01. The van der Waals surface area contributed by atoms with Gasteiger partial charge < -0.3 is 29.2 Å². The number of ether oxygens (including phenoxy) is 1. The Morgan fingerprint density at radius 3 is 1.31 bits per heavy atom. The van der Waals surface area contributed by atoms with E-state index in [4.69, 9.17) is 4.74 Å². The van der Waals surface area contributed by atoms with Gasteiger partial charge in [0.2, 0.25) is 0 Å². The Bertz CT molecular complexity index is 3150. The first kappa shape index (κ1) is 36.2. The molecule has 306 valence electrons. The number of nitrogens with zero attached hydrogens (tertiary/aromatic N) is 5. The van der Waals surface area contributed by atoms with Gasteiger partial charge in [0, 0.05) is 94.8 Å². The SMILES string of the molecule is c1ccc(N2c3cc4c(cc3B3c5ccccc5Oc5cc(N6CCCC6)cc2c53)B2c3ccccc3N(c3ccccc3)c3cc(N5CCCC5)cc(c32)N4c2ccccc2)cc1. The van der Waals surface area contributed by atoms with E-state index in [9.17, 15) is 0 Å². The van der Waals surface area contributed by atoms with Crippen molar-refractivity contribution in [2.24, 2.45) is 0 Å². The molecule has 0 atom stereocenters. The van der Waals surface area contributed by atoms with Crippen LogP contribution in [-0.2, 0) is 0 Å². The molecule has 8 heteroatoms. The van der Waals surface area contributed by atoms with E-state index in [0.29, 0.717) is 0 Å². The maximum absolute atomic E-state index is 7.01. The molecule has 0 radical (unpaired) electrons. The second-order valence-electron chi connectivity index (χ2n) is 18.2. The molecule has 0 aliphatic carbocycles. The highest BCUT2D eigenvalue weighted by molar-refractivity contribution is 7.02. The van der Waals surface area contributed by atoms with Crippen molar-refractivity contribution < 1.29 is 4.74 Å². The van der Waals surface area contributed by atoms with Gasteiger partial charge in [-0.2, -0.15) is 0 Å². The molecule has 0 amide bonds. The number of rotatable bonds is 5. The summed E-state index contributed by atoms with van der Waals surface area (Å²) in [6.45, 7) is 4.23. The summed E-state index contributed by atoms with van der Waals surface area (Å²) in [6.07, 6.45) is 4.85. The van der Waals surface area contributed by atoms with E-state index in [0.717, 1.165) is 49.1 Å². The lowest BCUT2D eigenvalue weighted by Gasteiger charge is -2.46. The highest BCUT2D eigenvalue weighted by atomic mass is 16.5. The first-order valence-electron chi connectivity index (χ1n) is 23.2. The van der Waals surface area contributed by atoms with Crippen LogP contribution in [0.3, 0.4) is 0 Å². The predicted molar refractivity (Wildman–Crippen MR) is 269 cm³/mol. The van der Waals surface area contributed by atoms with Crippen molar-refractivity contribution in [3.63, 3.8) is 0 Å². The molecule has 0 bridgehead atoms. The van der Waals surface area contributed by atoms with E-state index in [-0.39, 0.29) is 13.4 Å². The van der Waals surface area contributed by atoms with Crippen molar-refractivity contribution in [3.05, 3.63) is 176 Å². The van der Waals surface area contributed by atoms with E-state index >= 15 is 0 Å². The third kappa shape index (κ3) is 5.29. The third-order valence-corrected chi connectivity index (χ3v) is 14.7. The van der Waals surface area contributed by atoms with Crippen molar-refractivity contribution in [1.29, 1.82) is 0 Å². The van der Waals surface area contributed by atoms with Crippen molar-refractivity contribution in [3.8, 4) is 11.5 Å². The summed E-state index contributed by atoms with van der Waals surface area (Å²) in [4.78, 5) is 12.8. The molecule has 0 N–H and O–H groups in total. The zero-order valence-electron chi connectivity index (χ0n) is 35.7. The highest BCUT2D eigenvalue weighted by Gasteiger charge is 2.48. The number of anilines is 11. The molecular formula is C56H45B2N5O. The van der Waals surface area contributed by atoms with Crippen molar-refractivity contribution >= 4 is 109 Å². The van der Waals surface area contributed by atoms with Crippen LogP contribution in [0.25, 0.3) is 0 Å². The topological polar surface area (TPSA) is 25.4 Å². The standard InChI is InChI=1S/C56H45B2N5O/c1-4-18-38(19-5-1)61-47-26-12-10-24-43(47)57-45-36-46-49(37-48(45)62(39-20-6-2-7-21-39)51-33-41(32-50(61)55(51)57)59-28-14-15-29-59)63(40-22-8-3-9-23-40)52-34-42(60-30-16-17-31-60)35-54-56(52)58(46)44-25-11-13-27-53(44)64-54/h1-13,18-27,32-37H,14-17,28-31H2. The molecule has 0 aromatic heterocycles. The van der Waals surface area contributed by atoms with Crippen LogP contribution in [0, 0.1) is 0 Å². The second-order valence-corrected chi connectivity index (χ2v) is 18.2. The van der Waals surface area contributed by atoms with Crippen LogP contribution < -0.4 is 62.0 Å². The molecule has 8 aromatic carbocycles. The Morgan fingerprint density at radius 2 is 0.750 bits per heavy atom. The Labute approximate surface area is 375 Å². The zero-order valence-corrected chi connectivity index (χ0v) is 35.7.